The van der Waals surface area contributed by atoms with Gasteiger partial charge in [0.05, 0.1) is 23.2 Å². The van der Waals surface area contributed by atoms with Gasteiger partial charge in [-0.3, -0.25) is 4.98 Å². The minimum atomic E-state index is -0.206. The number of carbonyl (C=O) groups is 1. The van der Waals surface area contributed by atoms with E-state index in [1.807, 2.05) is 38.1 Å². The van der Waals surface area contributed by atoms with Crippen LogP contribution in [0, 0.1) is 24.2 Å². The molecule has 1 N–H and O–H groups in total. The van der Waals surface area contributed by atoms with E-state index in [0.717, 1.165) is 16.5 Å². The molecule has 0 radical (unpaired) electrons. The monoisotopic (exact) mass is 296 g/mol. The maximum atomic E-state index is 12.4. The standard InChI is InChI=1S/C17H20N4O/c1-4-21(11-13(3)10-18)17(22)20-15-9-12(2)8-14-6-5-7-19-16(14)15/h5-9,13H,4,11H2,1-3H3,(H,20,22)/t13-/m1/s1. The van der Waals surface area contributed by atoms with Crippen LogP contribution in [-0.4, -0.2) is 29.0 Å². The minimum Gasteiger partial charge on any atom is -0.324 e. The third-order valence-corrected chi connectivity index (χ3v) is 3.47. The fourth-order valence-corrected chi connectivity index (χ4v) is 2.36. The number of carbonyl (C=O) groups excluding carboxylic acids is 1. The van der Waals surface area contributed by atoms with Crippen molar-refractivity contribution in [3.63, 3.8) is 0 Å². The van der Waals surface area contributed by atoms with Gasteiger partial charge in [-0.15, -0.1) is 0 Å². The predicted octanol–water partition coefficient (Wildman–Crippen LogP) is 3.56. The Bertz CT molecular complexity index is 720. The lowest BCUT2D eigenvalue weighted by Crippen LogP contribution is -2.37. The van der Waals surface area contributed by atoms with Crippen molar-refractivity contribution in [2.75, 3.05) is 18.4 Å². The van der Waals surface area contributed by atoms with Crippen molar-refractivity contribution in [1.82, 2.24) is 9.88 Å². The molecule has 0 fully saturated rings. The number of aryl methyl sites for hydroxylation is 1. The number of rotatable bonds is 4. The first kappa shape index (κ1) is 15.8. The molecule has 0 unspecified atom stereocenters. The zero-order valence-electron chi connectivity index (χ0n) is 13.1. The van der Waals surface area contributed by atoms with Gasteiger partial charge in [-0.25, -0.2) is 4.79 Å². The lowest BCUT2D eigenvalue weighted by molar-refractivity contribution is 0.210. The van der Waals surface area contributed by atoms with Gasteiger partial charge in [-0.2, -0.15) is 5.26 Å². The number of hydrogen-bond acceptors (Lipinski definition) is 3. The van der Waals surface area contributed by atoms with Crippen LogP contribution in [0.25, 0.3) is 10.9 Å². The number of anilines is 1. The summed E-state index contributed by atoms with van der Waals surface area (Å²) in [4.78, 5) is 18.4. The van der Waals surface area contributed by atoms with Crippen molar-refractivity contribution in [2.24, 2.45) is 5.92 Å². The summed E-state index contributed by atoms with van der Waals surface area (Å²) in [5.41, 5.74) is 2.53. The van der Waals surface area contributed by atoms with Gasteiger partial charge in [0, 0.05) is 24.7 Å². The zero-order chi connectivity index (χ0) is 16.1. The van der Waals surface area contributed by atoms with Crippen LogP contribution in [0.3, 0.4) is 0 Å². The molecular formula is C17H20N4O. The van der Waals surface area contributed by atoms with Gasteiger partial charge in [-0.05, 0) is 44.5 Å². The molecule has 1 aromatic heterocycles. The number of urea groups is 1. The van der Waals surface area contributed by atoms with Gasteiger partial charge in [0.2, 0.25) is 0 Å². The van der Waals surface area contributed by atoms with Gasteiger partial charge < -0.3 is 10.2 Å². The first-order chi connectivity index (χ1) is 10.5. The summed E-state index contributed by atoms with van der Waals surface area (Å²) in [6.45, 7) is 6.65. The van der Waals surface area contributed by atoms with Gasteiger partial charge in [0.25, 0.3) is 0 Å². The molecule has 0 aliphatic rings. The summed E-state index contributed by atoms with van der Waals surface area (Å²) < 4.78 is 0. The first-order valence-electron chi connectivity index (χ1n) is 7.36. The molecule has 2 amide bonds. The van der Waals surface area contributed by atoms with Crippen LogP contribution in [0.4, 0.5) is 10.5 Å². The van der Waals surface area contributed by atoms with E-state index in [0.29, 0.717) is 18.8 Å². The molecule has 5 heteroatoms. The molecule has 5 nitrogen and oxygen atoms in total. The Hall–Kier alpha value is -2.61. The van der Waals surface area contributed by atoms with E-state index in [2.05, 4.69) is 16.4 Å². The molecule has 1 heterocycles. The van der Waals surface area contributed by atoms with E-state index in [1.165, 1.54) is 0 Å². The lowest BCUT2D eigenvalue weighted by atomic mass is 10.1. The quantitative estimate of drug-likeness (QED) is 0.938. The summed E-state index contributed by atoms with van der Waals surface area (Å²) in [5, 5.41) is 12.8. The molecule has 114 valence electrons. The van der Waals surface area contributed by atoms with Gasteiger partial charge >= 0.3 is 6.03 Å². The number of fused-ring (bicyclic) bond motifs is 1. The highest BCUT2D eigenvalue weighted by atomic mass is 16.2. The topological polar surface area (TPSA) is 69.0 Å². The molecule has 1 aromatic carbocycles. The normalized spacial score (nSPS) is 11.7. The predicted molar refractivity (Wildman–Crippen MR) is 87.5 cm³/mol. The number of benzene rings is 1. The van der Waals surface area contributed by atoms with Crippen LogP contribution in [0.15, 0.2) is 30.5 Å². The number of hydrogen-bond donors (Lipinski definition) is 1. The second-order valence-electron chi connectivity index (χ2n) is 5.39. The van der Waals surface area contributed by atoms with Crippen LogP contribution in [0.5, 0.6) is 0 Å². The van der Waals surface area contributed by atoms with Crippen molar-refractivity contribution in [3.05, 3.63) is 36.0 Å². The molecule has 2 rings (SSSR count). The Kier molecular flexibility index (Phi) is 4.95. The van der Waals surface area contributed by atoms with E-state index in [4.69, 9.17) is 5.26 Å². The van der Waals surface area contributed by atoms with Crippen molar-refractivity contribution >= 4 is 22.6 Å². The Balaban J connectivity index is 2.26. The van der Waals surface area contributed by atoms with Crippen LogP contribution < -0.4 is 5.32 Å². The number of nitriles is 1. The van der Waals surface area contributed by atoms with Crippen LogP contribution in [0.2, 0.25) is 0 Å². The second-order valence-corrected chi connectivity index (χ2v) is 5.39. The maximum Gasteiger partial charge on any atom is 0.321 e. The van der Waals surface area contributed by atoms with Crippen molar-refractivity contribution in [1.29, 1.82) is 5.26 Å². The molecule has 22 heavy (non-hydrogen) atoms. The first-order valence-corrected chi connectivity index (χ1v) is 7.36. The molecule has 2 aromatic rings. The van der Waals surface area contributed by atoms with Gasteiger partial charge in [0.15, 0.2) is 0 Å². The third kappa shape index (κ3) is 3.53. The Labute approximate surface area is 130 Å². The highest BCUT2D eigenvalue weighted by molar-refractivity contribution is 6.00. The molecule has 0 saturated carbocycles. The molecule has 0 aliphatic carbocycles. The summed E-state index contributed by atoms with van der Waals surface area (Å²) in [5.74, 6) is -0.196. The highest BCUT2D eigenvalue weighted by Gasteiger charge is 2.16. The smallest absolute Gasteiger partial charge is 0.321 e. The molecule has 0 saturated heterocycles. The number of pyridine rings is 1. The third-order valence-electron chi connectivity index (χ3n) is 3.47. The Morgan fingerprint density at radius 3 is 2.95 bits per heavy atom. The fourth-order valence-electron chi connectivity index (χ4n) is 2.36. The Morgan fingerprint density at radius 1 is 1.50 bits per heavy atom. The maximum absolute atomic E-state index is 12.4. The van der Waals surface area contributed by atoms with E-state index >= 15 is 0 Å². The molecule has 0 aliphatic heterocycles. The Morgan fingerprint density at radius 2 is 2.27 bits per heavy atom. The summed E-state index contributed by atoms with van der Waals surface area (Å²) >= 11 is 0. The molecule has 0 bridgehead atoms. The second kappa shape index (κ2) is 6.90. The summed E-state index contributed by atoms with van der Waals surface area (Å²) in [6.07, 6.45) is 1.71. The van der Waals surface area contributed by atoms with Crippen molar-refractivity contribution in [3.8, 4) is 6.07 Å². The van der Waals surface area contributed by atoms with E-state index in [9.17, 15) is 4.79 Å². The minimum absolute atomic E-state index is 0.196. The lowest BCUT2D eigenvalue weighted by Gasteiger charge is -2.22. The largest absolute Gasteiger partial charge is 0.324 e. The zero-order valence-corrected chi connectivity index (χ0v) is 13.1. The molecule has 0 spiro atoms. The van der Waals surface area contributed by atoms with Crippen molar-refractivity contribution < 1.29 is 4.79 Å². The van der Waals surface area contributed by atoms with Crippen LogP contribution in [0.1, 0.15) is 19.4 Å². The number of amides is 2. The van der Waals surface area contributed by atoms with Gasteiger partial charge in [-0.1, -0.05) is 6.07 Å². The van der Waals surface area contributed by atoms with E-state index in [1.54, 1.807) is 18.0 Å². The SMILES string of the molecule is CCN(C[C@H](C)C#N)C(=O)Nc1cc(C)cc2cccnc12. The van der Waals surface area contributed by atoms with E-state index in [-0.39, 0.29) is 11.9 Å². The highest BCUT2D eigenvalue weighted by Crippen LogP contribution is 2.23. The van der Waals surface area contributed by atoms with Crippen LogP contribution >= 0.6 is 0 Å². The number of nitrogens with zero attached hydrogens (tertiary/aromatic N) is 3. The van der Waals surface area contributed by atoms with Crippen molar-refractivity contribution in [2.45, 2.75) is 20.8 Å². The fraction of sp³-hybridized carbons (Fsp3) is 0.353. The van der Waals surface area contributed by atoms with Crippen LogP contribution in [-0.2, 0) is 0 Å². The summed E-state index contributed by atoms with van der Waals surface area (Å²) in [7, 11) is 0. The molecule has 1 atom stereocenters. The van der Waals surface area contributed by atoms with E-state index < -0.39 is 0 Å². The average molecular weight is 296 g/mol. The van der Waals surface area contributed by atoms with Gasteiger partial charge in [0.1, 0.15) is 0 Å². The molecular weight excluding hydrogens is 276 g/mol. The number of aromatic nitrogens is 1. The number of nitrogens with one attached hydrogen (secondary N) is 1. The summed E-state index contributed by atoms with van der Waals surface area (Å²) in [6, 6.07) is 9.74. The average Bonchev–Trinajstić information content (AvgIpc) is 2.51.